The first-order chi connectivity index (χ1) is 8.58. The number of hydrogen-bond acceptors (Lipinski definition) is 3. The van der Waals surface area contributed by atoms with E-state index in [4.69, 9.17) is 16.3 Å². The first-order valence-corrected chi connectivity index (χ1v) is 6.53. The van der Waals surface area contributed by atoms with Crippen LogP contribution in [-0.4, -0.2) is 31.7 Å². The number of ether oxygens (including phenoxy) is 1. The molecule has 4 nitrogen and oxygen atoms in total. The van der Waals surface area contributed by atoms with Crippen molar-refractivity contribution in [3.05, 3.63) is 27.4 Å². The maximum atomic E-state index is 13.0. The van der Waals surface area contributed by atoms with Crippen molar-refractivity contribution in [3.63, 3.8) is 0 Å². The van der Waals surface area contributed by atoms with Crippen LogP contribution in [0.1, 0.15) is 0 Å². The van der Waals surface area contributed by atoms with E-state index in [0.29, 0.717) is 23.3 Å². The molecule has 18 heavy (non-hydrogen) atoms. The van der Waals surface area contributed by atoms with Gasteiger partial charge in [-0.05, 0) is 28.1 Å². The molecule has 0 radical (unpaired) electrons. The molecule has 98 valence electrons. The van der Waals surface area contributed by atoms with Gasteiger partial charge in [-0.2, -0.15) is 0 Å². The van der Waals surface area contributed by atoms with Gasteiger partial charge in [-0.3, -0.25) is 4.79 Å². The molecule has 1 unspecified atom stereocenters. The number of carbonyl (C=O) groups is 1. The molecule has 1 aromatic rings. The Kier molecular flexibility index (Phi) is 4.55. The molecular formula is C11H11BrClFN2O2. The van der Waals surface area contributed by atoms with Gasteiger partial charge < -0.3 is 15.4 Å². The molecule has 1 aliphatic heterocycles. The minimum atomic E-state index is -0.563. The predicted octanol–water partition coefficient (Wildman–Crippen LogP) is 2.17. The number of carbonyl (C=O) groups excluding carboxylic acids is 1. The highest BCUT2D eigenvalue weighted by Crippen LogP contribution is 2.31. The van der Waals surface area contributed by atoms with E-state index in [9.17, 15) is 9.18 Å². The summed E-state index contributed by atoms with van der Waals surface area (Å²) in [5.41, 5.74) is 0.345. The van der Waals surface area contributed by atoms with Crippen molar-refractivity contribution in [1.29, 1.82) is 0 Å². The second-order valence-corrected chi connectivity index (χ2v) is 5.06. The largest absolute Gasteiger partial charge is 0.366 e. The van der Waals surface area contributed by atoms with E-state index in [-0.39, 0.29) is 10.9 Å². The van der Waals surface area contributed by atoms with Crippen molar-refractivity contribution in [2.75, 3.05) is 25.0 Å². The smallest absolute Gasteiger partial charge is 0.254 e. The van der Waals surface area contributed by atoms with E-state index in [0.717, 1.165) is 12.6 Å². The third-order valence-electron chi connectivity index (χ3n) is 2.48. The van der Waals surface area contributed by atoms with Gasteiger partial charge in [0.05, 0.1) is 17.3 Å². The lowest BCUT2D eigenvalue weighted by Crippen LogP contribution is -2.45. The average molecular weight is 338 g/mol. The zero-order valence-electron chi connectivity index (χ0n) is 9.30. The monoisotopic (exact) mass is 336 g/mol. The van der Waals surface area contributed by atoms with Gasteiger partial charge in [0.2, 0.25) is 0 Å². The molecule has 0 aliphatic carbocycles. The Hall–Kier alpha value is -0.690. The third-order valence-corrected chi connectivity index (χ3v) is 3.40. The summed E-state index contributed by atoms with van der Waals surface area (Å²) in [4.78, 5) is 11.9. The standard InChI is InChI=1S/C11H11BrClFN2O2/c12-7-3-6(14)4-8(13)10(7)16-11(17)9-5-15-1-2-18-9/h3-4,9,15H,1-2,5H2,(H,16,17). The number of amides is 1. The van der Waals surface area contributed by atoms with Crippen LogP contribution in [0.15, 0.2) is 16.6 Å². The lowest BCUT2D eigenvalue weighted by Gasteiger charge is -2.23. The number of morpholine rings is 1. The predicted molar refractivity (Wildman–Crippen MR) is 70.3 cm³/mol. The number of rotatable bonds is 2. The van der Waals surface area contributed by atoms with Gasteiger partial charge >= 0.3 is 0 Å². The molecule has 1 saturated heterocycles. The van der Waals surface area contributed by atoms with E-state index in [1.165, 1.54) is 6.07 Å². The van der Waals surface area contributed by atoms with Gasteiger partial charge in [-0.25, -0.2) is 4.39 Å². The van der Waals surface area contributed by atoms with Crippen molar-refractivity contribution in [2.45, 2.75) is 6.10 Å². The lowest BCUT2D eigenvalue weighted by molar-refractivity contribution is -0.128. The van der Waals surface area contributed by atoms with Gasteiger partial charge in [0.1, 0.15) is 11.9 Å². The lowest BCUT2D eigenvalue weighted by atomic mass is 10.2. The number of anilines is 1. The van der Waals surface area contributed by atoms with E-state index < -0.39 is 11.9 Å². The summed E-state index contributed by atoms with van der Waals surface area (Å²) in [6.07, 6.45) is -0.563. The minimum absolute atomic E-state index is 0.138. The maximum absolute atomic E-state index is 13.0. The SMILES string of the molecule is O=C(Nc1c(Cl)cc(F)cc1Br)C1CNCCO1. The zero-order valence-corrected chi connectivity index (χ0v) is 11.6. The van der Waals surface area contributed by atoms with Crippen LogP contribution in [0.25, 0.3) is 0 Å². The molecule has 1 aliphatic rings. The Labute approximate surface area is 117 Å². The summed E-state index contributed by atoms with van der Waals surface area (Å²) in [6, 6.07) is 2.38. The molecule has 0 aromatic heterocycles. The molecule has 7 heteroatoms. The fourth-order valence-electron chi connectivity index (χ4n) is 1.60. The Morgan fingerprint density at radius 2 is 2.39 bits per heavy atom. The molecule has 1 atom stereocenters. The molecule has 1 heterocycles. The maximum Gasteiger partial charge on any atom is 0.254 e. The molecule has 1 aromatic carbocycles. The number of nitrogens with one attached hydrogen (secondary N) is 2. The van der Waals surface area contributed by atoms with Gasteiger partial charge in [0.25, 0.3) is 5.91 Å². The summed E-state index contributed by atoms with van der Waals surface area (Å²) in [5.74, 6) is -0.781. The van der Waals surface area contributed by atoms with E-state index in [1.807, 2.05) is 0 Å². The zero-order chi connectivity index (χ0) is 13.1. The normalized spacial score (nSPS) is 19.6. The molecule has 0 saturated carbocycles. The topological polar surface area (TPSA) is 50.4 Å². The van der Waals surface area contributed by atoms with Crippen molar-refractivity contribution >= 4 is 39.1 Å². The third kappa shape index (κ3) is 3.20. The Morgan fingerprint density at radius 3 is 3.00 bits per heavy atom. The molecule has 1 amide bonds. The van der Waals surface area contributed by atoms with Gasteiger partial charge in [-0.15, -0.1) is 0 Å². The van der Waals surface area contributed by atoms with Crippen molar-refractivity contribution in [2.24, 2.45) is 0 Å². The van der Waals surface area contributed by atoms with Crippen molar-refractivity contribution < 1.29 is 13.9 Å². The molecule has 0 spiro atoms. The fraction of sp³-hybridized carbons (Fsp3) is 0.364. The summed E-state index contributed by atoms with van der Waals surface area (Å²) in [5, 5.41) is 5.81. The van der Waals surface area contributed by atoms with Gasteiger partial charge in [0.15, 0.2) is 0 Å². The second-order valence-electron chi connectivity index (χ2n) is 3.80. The van der Waals surface area contributed by atoms with Crippen LogP contribution in [0.3, 0.4) is 0 Å². The van der Waals surface area contributed by atoms with Crippen LogP contribution >= 0.6 is 27.5 Å². The van der Waals surface area contributed by atoms with Crippen LogP contribution < -0.4 is 10.6 Å². The number of benzene rings is 1. The van der Waals surface area contributed by atoms with E-state index in [1.54, 1.807) is 0 Å². The average Bonchev–Trinajstić information content (AvgIpc) is 2.34. The van der Waals surface area contributed by atoms with Crippen LogP contribution in [0.2, 0.25) is 5.02 Å². The molecule has 1 fully saturated rings. The summed E-state index contributed by atoms with van der Waals surface area (Å²) in [7, 11) is 0. The highest BCUT2D eigenvalue weighted by Gasteiger charge is 2.23. The fourth-order valence-corrected chi connectivity index (χ4v) is 2.50. The first kappa shape index (κ1) is 13.7. The highest BCUT2D eigenvalue weighted by molar-refractivity contribution is 9.10. The minimum Gasteiger partial charge on any atom is -0.366 e. The summed E-state index contributed by atoms with van der Waals surface area (Å²) >= 11 is 9.03. The quantitative estimate of drug-likeness (QED) is 0.869. The molecular weight excluding hydrogens is 326 g/mol. The molecule has 2 rings (SSSR count). The van der Waals surface area contributed by atoms with E-state index in [2.05, 4.69) is 26.6 Å². The summed E-state index contributed by atoms with van der Waals surface area (Å²) < 4.78 is 18.7. The first-order valence-electron chi connectivity index (χ1n) is 5.35. The van der Waals surface area contributed by atoms with Crippen LogP contribution in [-0.2, 0) is 9.53 Å². The Bertz CT molecular complexity index is 443. The van der Waals surface area contributed by atoms with Crippen LogP contribution in [0, 0.1) is 5.82 Å². The number of hydrogen-bond donors (Lipinski definition) is 2. The molecule has 0 bridgehead atoms. The van der Waals surface area contributed by atoms with Gasteiger partial charge in [-0.1, -0.05) is 11.6 Å². The Balaban J connectivity index is 2.11. The van der Waals surface area contributed by atoms with E-state index >= 15 is 0 Å². The Morgan fingerprint density at radius 1 is 1.61 bits per heavy atom. The van der Waals surface area contributed by atoms with Crippen LogP contribution in [0.4, 0.5) is 10.1 Å². The molecule has 2 N–H and O–H groups in total. The van der Waals surface area contributed by atoms with Crippen LogP contribution in [0.5, 0.6) is 0 Å². The van der Waals surface area contributed by atoms with Gasteiger partial charge in [0, 0.05) is 17.6 Å². The number of halogens is 3. The second kappa shape index (κ2) is 5.97. The van der Waals surface area contributed by atoms with Crippen molar-refractivity contribution in [1.82, 2.24) is 5.32 Å². The summed E-state index contributed by atoms with van der Waals surface area (Å²) in [6.45, 7) is 1.66. The van der Waals surface area contributed by atoms with Crippen molar-refractivity contribution in [3.8, 4) is 0 Å². The highest BCUT2D eigenvalue weighted by atomic mass is 79.9.